The third-order valence-electron chi connectivity index (χ3n) is 3.02. The minimum atomic E-state index is -0.942. The van der Waals surface area contributed by atoms with Crippen LogP contribution in [0.25, 0.3) is 0 Å². The van der Waals surface area contributed by atoms with E-state index in [0.29, 0.717) is 6.42 Å². The third kappa shape index (κ3) is 5.58. The van der Waals surface area contributed by atoms with Gasteiger partial charge < -0.3 is 21.1 Å². The molecular formula is C12H21N3O4. The van der Waals surface area contributed by atoms with E-state index in [0.717, 1.165) is 12.8 Å². The van der Waals surface area contributed by atoms with E-state index >= 15 is 0 Å². The zero-order chi connectivity index (χ0) is 14.4. The lowest BCUT2D eigenvalue weighted by Gasteiger charge is -2.16. The maximum atomic E-state index is 11.6. The summed E-state index contributed by atoms with van der Waals surface area (Å²) in [5.41, 5.74) is 0. The fourth-order valence-corrected chi connectivity index (χ4v) is 1.49. The van der Waals surface area contributed by atoms with Crippen LogP contribution in [-0.2, 0) is 9.59 Å². The molecule has 0 aliphatic heterocycles. The molecule has 2 atom stereocenters. The minimum Gasteiger partial charge on any atom is -0.481 e. The topological polar surface area (TPSA) is 108 Å². The zero-order valence-electron chi connectivity index (χ0n) is 11.2. The molecular weight excluding hydrogens is 250 g/mol. The van der Waals surface area contributed by atoms with Gasteiger partial charge in [0.15, 0.2) is 0 Å². The molecule has 0 aromatic carbocycles. The van der Waals surface area contributed by atoms with E-state index in [2.05, 4.69) is 16.0 Å². The summed E-state index contributed by atoms with van der Waals surface area (Å²) in [6, 6.07) is -0.917. The Kier molecular flexibility index (Phi) is 5.59. The molecule has 7 heteroatoms. The van der Waals surface area contributed by atoms with Gasteiger partial charge in [-0.3, -0.25) is 9.59 Å². The summed E-state index contributed by atoms with van der Waals surface area (Å²) in [5, 5.41) is 16.5. The molecule has 1 saturated carbocycles. The first-order valence-electron chi connectivity index (χ1n) is 6.51. The third-order valence-corrected chi connectivity index (χ3v) is 3.02. The van der Waals surface area contributed by atoms with E-state index in [4.69, 9.17) is 5.11 Å². The predicted molar refractivity (Wildman–Crippen MR) is 68.6 cm³/mol. The van der Waals surface area contributed by atoms with Crippen LogP contribution in [0, 0.1) is 5.92 Å². The molecule has 1 rings (SSSR count). The van der Waals surface area contributed by atoms with Crippen molar-refractivity contribution in [1.82, 2.24) is 16.0 Å². The molecule has 7 nitrogen and oxygen atoms in total. The second-order valence-corrected chi connectivity index (χ2v) is 4.80. The van der Waals surface area contributed by atoms with Gasteiger partial charge in [-0.15, -0.1) is 0 Å². The van der Waals surface area contributed by atoms with Crippen molar-refractivity contribution in [1.29, 1.82) is 0 Å². The van der Waals surface area contributed by atoms with E-state index in [1.807, 2.05) is 0 Å². The van der Waals surface area contributed by atoms with Crippen molar-refractivity contribution >= 4 is 17.9 Å². The summed E-state index contributed by atoms with van der Waals surface area (Å²) < 4.78 is 0. The Labute approximate surface area is 112 Å². The fraction of sp³-hybridized carbons (Fsp3) is 0.750. The number of carbonyl (C=O) groups excluding carboxylic acids is 2. The van der Waals surface area contributed by atoms with Crippen molar-refractivity contribution in [2.24, 2.45) is 5.92 Å². The molecule has 1 aliphatic rings. The fourth-order valence-electron chi connectivity index (χ4n) is 1.49. The molecule has 1 fully saturated rings. The molecule has 0 radical (unpaired) electrons. The summed E-state index contributed by atoms with van der Waals surface area (Å²) in [4.78, 5) is 33.9. The molecule has 0 bridgehead atoms. The Hall–Kier alpha value is -1.79. The van der Waals surface area contributed by atoms with E-state index in [9.17, 15) is 14.4 Å². The lowest BCUT2D eigenvalue weighted by atomic mass is 10.1. The monoisotopic (exact) mass is 271 g/mol. The lowest BCUT2D eigenvalue weighted by molar-refractivity contribution is -0.141. The largest absolute Gasteiger partial charge is 0.481 e. The minimum absolute atomic E-state index is 0.0502. The number of hydrogen-bond donors (Lipinski definition) is 4. The van der Waals surface area contributed by atoms with Crippen LogP contribution in [0.4, 0.5) is 4.79 Å². The summed E-state index contributed by atoms with van der Waals surface area (Å²) in [5.74, 6) is -1.77. The molecule has 0 aromatic heterocycles. The first kappa shape index (κ1) is 15.3. The standard InChI is InChI=1S/C12H21N3O4/c1-3-8(11(17)18)6-13-12(19)14-7(2)10(16)15-9-4-5-9/h7-9H,3-6H2,1-2H3,(H,15,16)(H,17,18)(H2,13,14,19). The van der Waals surface area contributed by atoms with Crippen LogP contribution in [0.3, 0.4) is 0 Å². The molecule has 4 N–H and O–H groups in total. The van der Waals surface area contributed by atoms with Crippen molar-refractivity contribution in [3.05, 3.63) is 0 Å². The number of hydrogen-bond acceptors (Lipinski definition) is 3. The Morgan fingerprint density at radius 2 is 1.95 bits per heavy atom. The number of rotatable bonds is 7. The number of urea groups is 1. The van der Waals surface area contributed by atoms with Crippen LogP contribution < -0.4 is 16.0 Å². The van der Waals surface area contributed by atoms with Gasteiger partial charge in [0.1, 0.15) is 6.04 Å². The SMILES string of the molecule is CCC(CNC(=O)NC(C)C(=O)NC1CC1)C(=O)O. The van der Waals surface area contributed by atoms with Gasteiger partial charge in [-0.1, -0.05) is 6.92 Å². The van der Waals surface area contributed by atoms with E-state index in [-0.39, 0.29) is 18.5 Å². The van der Waals surface area contributed by atoms with Crippen molar-refractivity contribution in [2.45, 2.75) is 45.2 Å². The number of nitrogens with one attached hydrogen (secondary N) is 3. The van der Waals surface area contributed by atoms with Crippen LogP contribution >= 0.6 is 0 Å². The quantitative estimate of drug-likeness (QED) is 0.525. The summed E-state index contributed by atoms with van der Waals surface area (Å²) in [6.45, 7) is 3.38. The van der Waals surface area contributed by atoms with Gasteiger partial charge in [0.2, 0.25) is 5.91 Å². The van der Waals surface area contributed by atoms with Crippen LogP contribution in [0.5, 0.6) is 0 Å². The molecule has 108 valence electrons. The van der Waals surface area contributed by atoms with E-state index < -0.39 is 24.0 Å². The summed E-state index contributed by atoms with van der Waals surface area (Å²) in [6.07, 6.45) is 2.41. The molecule has 0 spiro atoms. The number of aliphatic carboxylic acids is 1. The Bertz CT molecular complexity index is 355. The number of amides is 3. The van der Waals surface area contributed by atoms with Gasteiger partial charge in [-0.25, -0.2) is 4.79 Å². The van der Waals surface area contributed by atoms with Gasteiger partial charge in [-0.2, -0.15) is 0 Å². The smallest absolute Gasteiger partial charge is 0.315 e. The average molecular weight is 271 g/mol. The summed E-state index contributed by atoms with van der Waals surface area (Å²) in [7, 11) is 0. The van der Waals surface area contributed by atoms with Crippen LogP contribution in [-0.4, -0.2) is 41.6 Å². The Balaban J connectivity index is 2.25. The molecule has 3 amide bonds. The molecule has 19 heavy (non-hydrogen) atoms. The van der Waals surface area contributed by atoms with Gasteiger partial charge in [0.05, 0.1) is 5.92 Å². The van der Waals surface area contributed by atoms with Crippen molar-refractivity contribution in [3.63, 3.8) is 0 Å². The highest BCUT2D eigenvalue weighted by molar-refractivity contribution is 5.87. The van der Waals surface area contributed by atoms with Crippen molar-refractivity contribution < 1.29 is 19.5 Å². The van der Waals surface area contributed by atoms with Gasteiger partial charge >= 0.3 is 12.0 Å². The highest BCUT2D eigenvalue weighted by Gasteiger charge is 2.26. The predicted octanol–water partition coefficient (Wildman–Crippen LogP) is 0.0635. The Morgan fingerprint density at radius 3 is 2.42 bits per heavy atom. The van der Waals surface area contributed by atoms with Crippen LogP contribution in [0.1, 0.15) is 33.1 Å². The normalized spacial score (nSPS) is 17.2. The second kappa shape index (κ2) is 6.96. The molecule has 2 unspecified atom stereocenters. The number of carboxylic acids is 1. The highest BCUT2D eigenvalue weighted by Crippen LogP contribution is 2.18. The van der Waals surface area contributed by atoms with Crippen molar-refractivity contribution in [3.8, 4) is 0 Å². The first-order chi connectivity index (χ1) is 8.93. The first-order valence-corrected chi connectivity index (χ1v) is 6.51. The highest BCUT2D eigenvalue weighted by atomic mass is 16.4. The van der Waals surface area contributed by atoms with E-state index in [1.165, 1.54) is 0 Å². The lowest BCUT2D eigenvalue weighted by Crippen LogP contribution is -2.49. The van der Waals surface area contributed by atoms with Gasteiger partial charge in [-0.05, 0) is 26.2 Å². The van der Waals surface area contributed by atoms with Gasteiger partial charge in [0.25, 0.3) is 0 Å². The Morgan fingerprint density at radius 1 is 1.32 bits per heavy atom. The van der Waals surface area contributed by atoms with Crippen LogP contribution in [0.15, 0.2) is 0 Å². The zero-order valence-corrected chi connectivity index (χ0v) is 11.2. The molecule has 1 aliphatic carbocycles. The second-order valence-electron chi connectivity index (χ2n) is 4.80. The van der Waals surface area contributed by atoms with Crippen LogP contribution in [0.2, 0.25) is 0 Å². The average Bonchev–Trinajstić information content (AvgIpc) is 3.13. The number of carbonyl (C=O) groups is 3. The molecule has 0 saturated heterocycles. The number of carboxylic acid groups (broad SMARTS) is 1. The van der Waals surface area contributed by atoms with Gasteiger partial charge in [0, 0.05) is 12.6 Å². The molecule has 0 aromatic rings. The summed E-state index contributed by atoms with van der Waals surface area (Å²) >= 11 is 0. The van der Waals surface area contributed by atoms with E-state index in [1.54, 1.807) is 13.8 Å². The van der Waals surface area contributed by atoms with Crippen molar-refractivity contribution in [2.75, 3.05) is 6.54 Å². The molecule has 0 heterocycles. The maximum absolute atomic E-state index is 11.6. The maximum Gasteiger partial charge on any atom is 0.315 e.